The standard InChI is InChI=1S/C41H45N5O4/c42-25-29-13-17-31(18-14-29)37(38(47)43-26-30-15-19-32(20-16-30)39(48)44-21-7-2-8-22-44)46-36(23-28-9-3-1-4-10-28)40(49)45-27-34-12-6-5-11-33(34)24-35(45)41(46)50/h5-6,11-20,28,35-37H,1-4,7-10,21-24,26-27H2,(H,43,47). The molecule has 3 aromatic carbocycles. The number of carbonyl (C=O) groups excluding carboxylic acids is 4. The van der Waals surface area contributed by atoms with Crippen molar-refractivity contribution in [3.8, 4) is 6.07 Å². The molecule has 7 rings (SSSR count). The van der Waals surface area contributed by atoms with Crippen molar-refractivity contribution in [2.24, 2.45) is 5.92 Å². The van der Waals surface area contributed by atoms with E-state index in [0.717, 1.165) is 74.7 Å². The number of nitrogens with zero attached hydrogens (tertiary/aromatic N) is 4. The second-order valence-corrected chi connectivity index (χ2v) is 14.4. The number of nitrogens with one attached hydrogen (secondary N) is 1. The summed E-state index contributed by atoms with van der Waals surface area (Å²) >= 11 is 0. The zero-order chi connectivity index (χ0) is 34.6. The third kappa shape index (κ3) is 6.89. The molecule has 4 amide bonds. The Morgan fingerprint density at radius 2 is 1.50 bits per heavy atom. The summed E-state index contributed by atoms with van der Waals surface area (Å²) in [6.07, 6.45) is 9.49. The van der Waals surface area contributed by atoms with E-state index in [4.69, 9.17) is 0 Å². The first-order valence-electron chi connectivity index (χ1n) is 18.3. The first-order chi connectivity index (χ1) is 24.4. The topological polar surface area (TPSA) is 114 Å². The number of rotatable bonds is 8. The molecule has 1 saturated carbocycles. The van der Waals surface area contributed by atoms with Crippen LogP contribution in [0.3, 0.4) is 0 Å². The highest BCUT2D eigenvalue weighted by Crippen LogP contribution is 2.39. The number of carbonyl (C=O) groups is 4. The van der Waals surface area contributed by atoms with Gasteiger partial charge in [-0.15, -0.1) is 0 Å². The second kappa shape index (κ2) is 14.9. The second-order valence-electron chi connectivity index (χ2n) is 14.4. The minimum atomic E-state index is -1.06. The van der Waals surface area contributed by atoms with Gasteiger partial charge in [-0.1, -0.05) is 80.6 Å². The van der Waals surface area contributed by atoms with Crippen LogP contribution in [0.5, 0.6) is 0 Å². The average molecular weight is 672 g/mol. The fourth-order valence-corrected chi connectivity index (χ4v) is 8.38. The van der Waals surface area contributed by atoms with Crippen LogP contribution in [0.1, 0.15) is 102 Å². The summed E-state index contributed by atoms with van der Waals surface area (Å²) < 4.78 is 0. The van der Waals surface area contributed by atoms with Gasteiger partial charge in [0.15, 0.2) is 0 Å². The Bertz CT molecular complexity index is 1770. The number of nitriles is 1. The highest BCUT2D eigenvalue weighted by molar-refractivity contribution is 6.00. The van der Waals surface area contributed by atoms with Gasteiger partial charge in [-0.25, -0.2) is 0 Å². The van der Waals surface area contributed by atoms with Crippen LogP contribution in [-0.4, -0.2) is 63.5 Å². The molecule has 1 aliphatic carbocycles. The lowest BCUT2D eigenvalue weighted by Gasteiger charge is -2.50. The molecule has 3 aromatic rings. The fraction of sp³-hybridized carbons (Fsp3) is 0.439. The Balaban J connectivity index is 1.18. The molecule has 9 nitrogen and oxygen atoms in total. The van der Waals surface area contributed by atoms with Crippen molar-refractivity contribution in [2.45, 2.75) is 95.4 Å². The molecule has 4 aliphatic rings. The Hall–Kier alpha value is -4.97. The van der Waals surface area contributed by atoms with E-state index in [1.807, 2.05) is 41.3 Å². The Morgan fingerprint density at radius 1 is 0.820 bits per heavy atom. The maximum atomic E-state index is 14.8. The molecule has 3 fully saturated rings. The summed E-state index contributed by atoms with van der Waals surface area (Å²) in [5.41, 5.74) is 4.55. The highest BCUT2D eigenvalue weighted by atomic mass is 16.2. The van der Waals surface area contributed by atoms with Crippen molar-refractivity contribution in [2.75, 3.05) is 13.1 Å². The first kappa shape index (κ1) is 33.5. The highest BCUT2D eigenvalue weighted by Gasteiger charge is 2.51. The van der Waals surface area contributed by atoms with E-state index < -0.39 is 18.1 Å². The summed E-state index contributed by atoms with van der Waals surface area (Å²) in [6.45, 7) is 2.12. The maximum Gasteiger partial charge on any atom is 0.253 e. The molecular weight excluding hydrogens is 626 g/mol. The molecule has 3 atom stereocenters. The summed E-state index contributed by atoms with van der Waals surface area (Å²) in [6, 6.07) is 21.6. The summed E-state index contributed by atoms with van der Waals surface area (Å²) in [5, 5.41) is 12.6. The molecule has 3 aliphatic heterocycles. The van der Waals surface area contributed by atoms with Gasteiger partial charge in [-0.3, -0.25) is 19.2 Å². The number of hydrogen-bond acceptors (Lipinski definition) is 5. The minimum absolute atomic E-state index is 0.0258. The third-order valence-electron chi connectivity index (χ3n) is 11.2. The van der Waals surface area contributed by atoms with Crippen molar-refractivity contribution < 1.29 is 19.2 Å². The molecule has 3 heterocycles. The van der Waals surface area contributed by atoms with Crippen LogP contribution in [0.25, 0.3) is 0 Å². The first-order valence-corrected chi connectivity index (χ1v) is 18.3. The van der Waals surface area contributed by atoms with E-state index in [1.165, 1.54) is 6.42 Å². The van der Waals surface area contributed by atoms with Gasteiger partial charge in [0, 0.05) is 38.2 Å². The average Bonchev–Trinajstić information content (AvgIpc) is 3.17. The van der Waals surface area contributed by atoms with Crippen LogP contribution in [0, 0.1) is 17.2 Å². The number of benzene rings is 3. The molecule has 0 aromatic heterocycles. The van der Waals surface area contributed by atoms with Crippen LogP contribution < -0.4 is 5.32 Å². The Labute approximate surface area is 294 Å². The lowest BCUT2D eigenvalue weighted by Crippen LogP contribution is -2.67. The number of piperidine rings is 1. The smallest absolute Gasteiger partial charge is 0.253 e. The summed E-state index contributed by atoms with van der Waals surface area (Å²) in [4.78, 5) is 62.0. The number of fused-ring (bicyclic) bond motifs is 2. The van der Waals surface area contributed by atoms with E-state index >= 15 is 0 Å². The van der Waals surface area contributed by atoms with E-state index in [-0.39, 0.29) is 36.1 Å². The van der Waals surface area contributed by atoms with Gasteiger partial charge in [-0.2, -0.15) is 5.26 Å². The molecule has 3 unspecified atom stereocenters. The molecule has 258 valence electrons. The predicted molar refractivity (Wildman–Crippen MR) is 188 cm³/mol. The SMILES string of the molecule is N#Cc1ccc(C(C(=O)NCc2ccc(C(=O)N3CCCCC3)cc2)N2C(=O)C3Cc4ccccc4CN3C(=O)C2CC2CCCCC2)cc1. The maximum absolute atomic E-state index is 14.8. The van der Waals surface area contributed by atoms with Gasteiger partial charge < -0.3 is 20.0 Å². The number of hydrogen-bond donors (Lipinski definition) is 1. The third-order valence-corrected chi connectivity index (χ3v) is 11.2. The Kier molecular flexibility index (Phi) is 9.97. The van der Waals surface area contributed by atoms with E-state index in [1.54, 1.807) is 46.2 Å². The van der Waals surface area contributed by atoms with Crippen LogP contribution in [0.15, 0.2) is 72.8 Å². The van der Waals surface area contributed by atoms with Gasteiger partial charge in [-0.05, 0) is 78.1 Å². The number of piperazine rings is 1. The molecule has 2 saturated heterocycles. The van der Waals surface area contributed by atoms with Crippen LogP contribution in [0.2, 0.25) is 0 Å². The van der Waals surface area contributed by atoms with Gasteiger partial charge in [0.05, 0.1) is 11.6 Å². The lowest BCUT2D eigenvalue weighted by molar-refractivity contribution is -0.169. The van der Waals surface area contributed by atoms with Crippen molar-refractivity contribution in [3.63, 3.8) is 0 Å². The largest absolute Gasteiger partial charge is 0.350 e. The summed E-state index contributed by atoms with van der Waals surface area (Å²) in [7, 11) is 0. The normalized spacial score (nSPS) is 21.5. The summed E-state index contributed by atoms with van der Waals surface area (Å²) in [5.74, 6) is -0.391. The molecule has 9 heteroatoms. The zero-order valence-corrected chi connectivity index (χ0v) is 28.6. The van der Waals surface area contributed by atoms with E-state index in [2.05, 4.69) is 11.4 Å². The Morgan fingerprint density at radius 3 is 2.20 bits per heavy atom. The molecule has 0 bridgehead atoms. The van der Waals surface area contributed by atoms with E-state index in [9.17, 15) is 24.4 Å². The zero-order valence-electron chi connectivity index (χ0n) is 28.6. The van der Waals surface area contributed by atoms with Crippen LogP contribution >= 0.6 is 0 Å². The predicted octanol–water partition coefficient (Wildman–Crippen LogP) is 5.68. The molecule has 50 heavy (non-hydrogen) atoms. The number of likely N-dealkylation sites (tertiary alicyclic amines) is 1. The van der Waals surface area contributed by atoms with Gasteiger partial charge in [0.25, 0.3) is 5.91 Å². The van der Waals surface area contributed by atoms with Crippen LogP contribution in [-0.2, 0) is 33.9 Å². The van der Waals surface area contributed by atoms with Gasteiger partial charge >= 0.3 is 0 Å². The van der Waals surface area contributed by atoms with Crippen molar-refractivity contribution >= 4 is 23.6 Å². The van der Waals surface area contributed by atoms with Crippen molar-refractivity contribution in [1.82, 2.24) is 20.0 Å². The van der Waals surface area contributed by atoms with Crippen LogP contribution in [0.4, 0.5) is 0 Å². The quantitative estimate of drug-likeness (QED) is 0.331. The molecular formula is C41H45N5O4. The van der Waals surface area contributed by atoms with Gasteiger partial charge in [0.2, 0.25) is 17.7 Å². The van der Waals surface area contributed by atoms with E-state index in [0.29, 0.717) is 36.1 Å². The number of amides is 4. The van der Waals surface area contributed by atoms with Crippen molar-refractivity contribution in [3.05, 3.63) is 106 Å². The monoisotopic (exact) mass is 671 g/mol. The molecule has 1 N–H and O–H groups in total. The molecule has 0 spiro atoms. The minimum Gasteiger partial charge on any atom is -0.350 e. The van der Waals surface area contributed by atoms with Gasteiger partial charge in [0.1, 0.15) is 18.1 Å². The lowest BCUT2D eigenvalue weighted by atomic mass is 9.81. The fourth-order valence-electron chi connectivity index (χ4n) is 8.38. The van der Waals surface area contributed by atoms with Crippen molar-refractivity contribution in [1.29, 1.82) is 5.26 Å². The molecule has 0 radical (unpaired) electrons.